The van der Waals surface area contributed by atoms with Crippen molar-refractivity contribution in [3.8, 4) is 5.75 Å². The maximum absolute atomic E-state index is 13.1. The number of pyridine rings is 1. The molecule has 3 heterocycles. The van der Waals surface area contributed by atoms with Crippen LogP contribution in [0.15, 0.2) is 40.9 Å². The van der Waals surface area contributed by atoms with Crippen molar-refractivity contribution in [3.05, 3.63) is 59.1 Å². The van der Waals surface area contributed by atoms with Crippen LogP contribution in [0.3, 0.4) is 0 Å². The average molecular weight is 445 g/mol. The van der Waals surface area contributed by atoms with Crippen molar-refractivity contribution in [2.75, 3.05) is 13.2 Å². The fraction of sp³-hybridized carbons (Fsp3) is 0.318. The van der Waals surface area contributed by atoms with Gasteiger partial charge in [-0.05, 0) is 37.6 Å². The monoisotopic (exact) mass is 445 g/mol. The summed E-state index contributed by atoms with van der Waals surface area (Å²) in [5.74, 6) is -0.355. The zero-order chi connectivity index (χ0) is 22.9. The average Bonchev–Trinajstić information content (AvgIpc) is 3.30. The van der Waals surface area contributed by atoms with Gasteiger partial charge in [-0.15, -0.1) is 0 Å². The number of rotatable bonds is 7. The maximum Gasteiger partial charge on any atom is 0.280 e. The van der Waals surface area contributed by atoms with Gasteiger partial charge in [0.1, 0.15) is 34.9 Å². The molecular weight excluding hydrogens is 424 g/mol. The molecule has 0 saturated carbocycles. The van der Waals surface area contributed by atoms with Crippen LogP contribution in [0.4, 0.5) is 8.78 Å². The van der Waals surface area contributed by atoms with Crippen molar-refractivity contribution in [2.24, 2.45) is 0 Å². The number of benzene rings is 1. The lowest BCUT2D eigenvalue weighted by atomic mass is 9.97. The Bertz CT molecular complexity index is 1180. The fourth-order valence-corrected chi connectivity index (χ4v) is 3.76. The third-order valence-electron chi connectivity index (χ3n) is 5.48. The SMILES string of the molecule is Cc1oc2ccc(OCc3cccnc3C(F)F)cc2c1C(=O)NC1(CO)CCNC1=O. The molecule has 0 bridgehead atoms. The predicted molar refractivity (Wildman–Crippen MR) is 109 cm³/mol. The number of aryl methyl sites for hydroxylation is 1. The number of aromatic nitrogens is 1. The number of hydrogen-bond acceptors (Lipinski definition) is 6. The summed E-state index contributed by atoms with van der Waals surface area (Å²) in [6.07, 6.45) is -1.18. The highest BCUT2D eigenvalue weighted by Crippen LogP contribution is 2.31. The Hall–Kier alpha value is -3.53. The van der Waals surface area contributed by atoms with Crippen molar-refractivity contribution in [2.45, 2.75) is 31.9 Å². The van der Waals surface area contributed by atoms with E-state index in [0.717, 1.165) is 0 Å². The van der Waals surface area contributed by atoms with Crippen LogP contribution in [-0.4, -0.2) is 40.6 Å². The largest absolute Gasteiger partial charge is 0.489 e. The second-order valence-electron chi connectivity index (χ2n) is 7.53. The summed E-state index contributed by atoms with van der Waals surface area (Å²) in [5.41, 5.74) is -0.873. The number of amides is 2. The molecular formula is C22H21F2N3O5. The van der Waals surface area contributed by atoms with Gasteiger partial charge >= 0.3 is 0 Å². The van der Waals surface area contributed by atoms with Gasteiger partial charge in [0.25, 0.3) is 12.3 Å². The molecule has 1 atom stereocenters. The van der Waals surface area contributed by atoms with Crippen molar-refractivity contribution in [1.29, 1.82) is 0 Å². The van der Waals surface area contributed by atoms with Crippen LogP contribution in [0.5, 0.6) is 5.75 Å². The highest BCUT2D eigenvalue weighted by atomic mass is 19.3. The van der Waals surface area contributed by atoms with Gasteiger partial charge in [-0.2, -0.15) is 0 Å². The molecule has 168 valence electrons. The Balaban J connectivity index is 1.60. The van der Waals surface area contributed by atoms with Crippen LogP contribution in [0.1, 0.15) is 40.2 Å². The topological polar surface area (TPSA) is 114 Å². The summed E-state index contributed by atoms with van der Waals surface area (Å²) >= 11 is 0. The van der Waals surface area contributed by atoms with Gasteiger partial charge in [0.2, 0.25) is 5.91 Å². The summed E-state index contributed by atoms with van der Waals surface area (Å²) in [7, 11) is 0. The number of aliphatic hydroxyl groups is 1. The summed E-state index contributed by atoms with van der Waals surface area (Å²) < 4.78 is 37.6. The summed E-state index contributed by atoms with van der Waals surface area (Å²) in [4.78, 5) is 28.9. The third-order valence-corrected chi connectivity index (χ3v) is 5.48. The highest BCUT2D eigenvalue weighted by Gasteiger charge is 2.44. The molecule has 0 aliphatic carbocycles. The maximum atomic E-state index is 13.1. The Labute approximate surface area is 181 Å². The molecule has 1 unspecified atom stereocenters. The van der Waals surface area contributed by atoms with Crippen LogP contribution in [0.25, 0.3) is 11.0 Å². The quantitative estimate of drug-likeness (QED) is 0.515. The Morgan fingerprint density at radius 3 is 2.91 bits per heavy atom. The lowest BCUT2D eigenvalue weighted by Gasteiger charge is -2.24. The predicted octanol–water partition coefficient (Wildman–Crippen LogP) is 2.63. The van der Waals surface area contributed by atoms with Gasteiger partial charge in [-0.25, -0.2) is 8.78 Å². The molecule has 1 aromatic carbocycles. The van der Waals surface area contributed by atoms with Gasteiger partial charge < -0.3 is 24.9 Å². The number of fused-ring (bicyclic) bond motifs is 1. The normalized spacial score (nSPS) is 18.2. The minimum atomic E-state index is -2.73. The lowest BCUT2D eigenvalue weighted by molar-refractivity contribution is -0.125. The molecule has 4 rings (SSSR count). The van der Waals surface area contributed by atoms with E-state index in [1.165, 1.54) is 12.3 Å². The smallest absolute Gasteiger partial charge is 0.280 e. The number of nitrogens with one attached hydrogen (secondary N) is 2. The molecule has 10 heteroatoms. The van der Waals surface area contributed by atoms with Crippen molar-refractivity contribution in [1.82, 2.24) is 15.6 Å². The molecule has 3 aromatic rings. The number of carbonyl (C=O) groups is 2. The number of aliphatic hydroxyl groups excluding tert-OH is 1. The lowest BCUT2D eigenvalue weighted by Crippen LogP contribution is -2.56. The first-order chi connectivity index (χ1) is 15.3. The van der Waals surface area contributed by atoms with Crippen molar-refractivity contribution < 1.29 is 32.6 Å². The first-order valence-corrected chi connectivity index (χ1v) is 9.94. The van der Waals surface area contributed by atoms with Crippen molar-refractivity contribution in [3.63, 3.8) is 0 Å². The first-order valence-electron chi connectivity index (χ1n) is 9.94. The van der Waals surface area contributed by atoms with Gasteiger partial charge in [-0.3, -0.25) is 14.6 Å². The number of furan rings is 1. The Morgan fingerprint density at radius 2 is 2.22 bits per heavy atom. The molecule has 1 aliphatic rings. The highest BCUT2D eigenvalue weighted by molar-refractivity contribution is 6.09. The molecule has 3 N–H and O–H groups in total. The van der Waals surface area contributed by atoms with E-state index in [-0.39, 0.29) is 29.8 Å². The zero-order valence-corrected chi connectivity index (χ0v) is 17.2. The Kier molecular flexibility index (Phi) is 5.79. The number of carbonyl (C=O) groups excluding carboxylic acids is 2. The minimum Gasteiger partial charge on any atom is -0.489 e. The second kappa shape index (κ2) is 8.54. The first kappa shape index (κ1) is 21.7. The summed E-state index contributed by atoms with van der Waals surface area (Å²) in [6, 6.07) is 7.83. The fourth-order valence-electron chi connectivity index (χ4n) is 3.76. The number of nitrogens with zero attached hydrogens (tertiary/aromatic N) is 1. The molecule has 2 amide bonds. The van der Waals surface area contributed by atoms with E-state index >= 15 is 0 Å². The van der Waals surface area contributed by atoms with E-state index in [4.69, 9.17) is 9.15 Å². The minimum absolute atomic E-state index is 0.134. The van der Waals surface area contributed by atoms with Gasteiger partial charge in [0, 0.05) is 23.7 Å². The van der Waals surface area contributed by atoms with Gasteiger partial charge in [0.15, 0.2) is 0 Å². The molecule has 0 radical (unpaired) electrons. The Morgan fingerprint density at radius 1 is 1.41 bits per heavy atom. The van der Waals surface area contributed by atoms with Crippen LogP contribution < -0.4 is 15.4 Å². The number of hydrogen-bond donors (Lipinski definition) is 3. The molecule has 32 heavy (non-hydrogen) atoms. The van der Waals surface area contributed by atoms with E-state index < -0.39 is 30.4 Å². The number of ether oxygens (including phenoxy) is 1. The molecule has 2 aromatic heterocycles. The van der Waals surface area contributed by atoms with Gasteiger partial charge in [-0.1, -0.05) is 6.07 Å². The van der Waals surface area contributed by atoms with Crippen LogP contribution in [0.2, 0.25) is 0 Å². The van der Waals surface area contributed by atoms with E-state index in [1.54, 1.807) is 31.2 Å². The van der Waals surface area contributed by atoms with Crippen LogP contribution >= 0.6 is 0 Å². The molecule has 8 nitrogen and oxygen atoms in total. The number of alkyl halides is 2. The van der Waals surface area contributed by atoms with E-state index in [0.29, 0.717) is 29.0 Å². The van der Waals surface area contributed by atoms with Crippen LogP contribution in [-0.2, 0) is 11.4 Å². The van der Waals surface area contributed by atoms with Gasteiger partial charge in [0.05, 0.1) is 12.2 Å². The van der Waals surface area contributed by atoms with Crippen LogP contribution in [0, 0.1) is 6.92 Å². The molecule has 1 saturated heterocycles. The third kappa shape index (κ3) is 3.89. The van der Waals surface area contributed by atoms with E-state index in [9.17, 15) is 23.5 Å². The second-order valence-corrected chi connectivity index (χ2v) is 7.53. The standard InChI is InChI=1S/C22H21F2N3O5/c1-12-17(20(29)27-22(11-28)6-8-26-21(22)30)15-9-14(4-5-16(15)32-12)31-10-13-3-2-7-25-18(13)19(23)24/h2-5,7,9,19,28H,6,8,10-11H2,1H3,(H,26,30)(H,27,29). The zero-order valence-electron chi connectivity index (χ0n) is 17.2. The van der Waals surface area contributed by atoms with E-state index in [2.05, 4.69) is 15.6 Å². The summed E-state index contributed by atoms with van der Waals surface area (Å²) in [5, 5.41) is 15.4. The molecule has 0 spiro atoms. The number of halogens is 2. The van der Waals surface area contributed by atoms with E-state index in [1.807, 2.05) is 0 Å². The van der Waals surface area contributed by atoms with Crippen molar-refractivity contribution >= 4 is 22.8 Å². The summed E-state index contributed by atoms with van der Waals surface area (Å²) in [6.45, 7) is 1.29. The molecule has 1 aliphatic heterocycles. The molecule has 1 fully saturated rings.